The maximum Gasteiger partial charge on any atom is 0.227 e. The van der Waals surface area contributed by atoms with Gasteiger partial charge < -0.3 is 15.8 Å². The van der Waals surface area contributed by atoms with Gasteiger partial charge in [-0.2, -0.15) is 0 Å². The molecule has 1 aliphatic carbocycles. The summed E-state index contributed by atoms with van der Waals surface area (Å²) in [6, 6.07) is 3.58. The zero-order chi connectivity index (χ0) is 14.4. The minimum atomic E-state index is 0.0281. The number of ether oxygens (including phenoxy) is 1. The van der Waals surface area contributed by atoms with Crippen LogP contribution in [-0.4, -0.2) is 24.0 Å². The molecular formula is C15H23N3O2. The Balaban J connectivity index is 1.96. The van der Waals surface area contributed by atoms with Gasteiger partial charge in [0.2, 0.25) is 11.8 Å². The molecule has 1 aliphatic rings. The van der Waals surface area contributed by atoms with Crippen molar-refractivity contribution in [3.8, 4) is 5.88 Å². The van der Waals surface area contributed by atoms with Crippen LogP contribution in [0.15, 0.2) is 18.3 Å². The van der Waals surface area contributed by atoms with Gasteiger partial charge in [0.15, 0.2) is 0 Å². The van der Waals surface area contributed by atoms with Crippen LogP contribution in [0, 0.1) is 11.8 Å². The largest absolute Gasteiger partial charge is 0.478 e. The molecule has 2 atom stereocenters. The summed E-state index contributed by atoms with van der Waals surface area (Å²) < 4.78 is 5.28. The first-order chi connectivity index (χ1) is 9.74. The Kier molecular flexibility index (Phi) is 5.35. The quantitative estimate of drug-likeness (QED) is 0.865. The van der Waals surface area contributed by atoms with Crippen LogP contribution in [0.4, 0.5) is 5.69 Å². The highest BCUT2D eigenvalue weighted by molar-refractivity contribution is 5.92. The van der Waals surface area contributed by atoms with Crippen molar-refractivity contribution >= 4 is 11.6 Å². The number of hydrogen-bond acceptors (Lipinski definition) is 4. The summed E-state index contributed by atoms with van der Waals surface area (Å²) in [4.78, 5) is 16.5. The molecule has 0 bridgehead atoms. The Morgan fingerprint density at radius 2 is 2.25 bits per heavy atom. The molecule has 0 saturated heterocycles. The second-order valence-electron chi connectivity index (χ2n) is 5.19. The summed E-state index contributed by atoms with van der Waals surface area (Å²) in [6.07, 6.45) is 5.89. The van der Waals surface area contributed by atoms with E-state index < -0.39 is 0 Å². The summed E-state index contributed by atoms with van der Waals surface area (Å²) in [5.74, 6) is 0.967. The normalized spacial score (nSPS) is 22.3. The monoisotopic (exact) mass is 277 g/mol. The van der Waals surface area contributed by atoms with E-state index in [1.807, 2.05) is 13.0 Å². The lowest BCUT2D eigenvalue weighted by atomic mass is 9.79. The van der Waals surface area contributed by atoms with E-state index in [4.69, 9.17) is 10.5 Å². The molecule has 2 rings (SSSR count). The lowest BCUT2D eigenvalue weighted by Crippen LogP contribution is -2.35. The fraction of sp³-hybridized carbons (Fsp3) is 0.600. The van der Waals surface area contributed by atoms with Gasteiger partial charge in [0, 0.05) is 12.0 Å². The topological polar surface area (TPSA) is 77.2 Å². The number of nitrogens with two attached hydrogens (primary N) is 1. The van der Waals surface area contributed by atoms with E-state index in [2.05, 4.69) is 10.3 Å². The van der Waals surface area contributed by atoms with E-state index in [-0.39, 0.29) is 11.8 Å². The van der Waals surface area contributed by atoms with Gasteiger partial charge in [-0.25, -0.2) is 4.98 Å². The third-order valence-corrected chi connectivity index (χ3v) is 3.84. The van der Waals surface area contributed by atoms with Gasteiger partial charge in [-0.3, -0.25) is 4.79 Å². The molecule has 1 heterocycles. The SMILES string of the molecule is CCOc1ccc(NC(=O)C2CCCCC2CN)cn1. The van der Waals surface area contributed by atoms with Crippen molar-refractivity contribution in [3.63, 3.8) is 0 Å². The van der Waals surface area contributed by atoms with E-state index in [0.717, 1.165) is 19.3 Å². The third-order valence-electron chi connectivity index (χ3n) is 3.84. The molecule has 110 valence electrons. The highest BCUT2D eigenvalue weighted by Gasteiger charge is 2.29. The zero-order valence-corrected chi connectivity index (χ0v) is 12.0. The first kappa shape index (κ1) is 14.8. The number of rotatable bonds is 5. The standard InChI is InChI=1S/C15H23N3O2/c1-2-20-14-8-7-12(10-17-14)18-15(19)13-6-4-3-5-11(13)9-16/h7-8,10-11,13H,2-6,9,16H2,1H3,(H,18,19). The van der Waals surface area contributed by atoms with E-state index in [9.17, 15) is 4.79 Å². The van der Waals surface area contributed by atoms with Crippen molar-refractivity contribution in [1.82, 2.24) is 4.98 Å². The number of hydrogen-bond donors (Lipinski definition) is 2. The Labute approximate surface area is 119 Å². The predicted octanol–water partition coefficient (Wildman–Crippen LogP) is 2.18. The van der Waals surface area contributed by atoms with E-state index in [1.165, 1.54) is 6.42 Å². The maximum atomic E-state index is 12.3. The number of amides is 1. The molecule has 1 saturated carbocycles. The number of carbonyl (C=O) groups excluding carboxylic acids is 1. The summed E-state index contributed by atoms with van der Waals surface area (Å²) in [5, 5.41) is 2.93. The predicted molar refractivity (Wildman–Crippen MR) is 78.5 cm³/mol. The minimum Gasteiger partial charge on any atom is -0.478 e. The molecule has 2 unspecified atom stereocenters. The van der Waals surface area contributed by atoms with Crippen molar-refractivity contribution < 1.29 is 9.53 Å². The highest BCUT2D eigenvalue weighted by atomic mass is 16.5. The van der Waals surface area contributed by atoms with Gasteiger partial charge in [0.05, 0.1) is 18.5 Å². The van der Waals surface area contributed by atoms with Gasteiger partial charge in [0.1, 0.15) is 0 Å². The van der Waals surface area contributed by atoms with Crippen molar-refractivity contribution in [1.29, 1.82) is 0 Å². The van der Waals surface area contributed by atoms with Crippen molar-refractivity contribution in [2.75, 3.05) is 18.5 Å². The molecule has 1 aromatic heterocycles. The molecule has 0 radical (unpaired) electrons. The maximum absolute atomic E-state index is 12.3. The van der Waals surface area contributed by atoms with Crippen LogP contribution < -0.4 is 15.8 Å². The van der Waals surface area contributed by atoms with Crippen molar-refractivity contribution in [3.05, 3.63) is 18.3 Å². The van der Waals surface area contributed by atoms with Crippen molar-refractivity contribution in [2.24, 2.45) is 17.6 Å². The van der Waals surface area contributed by atoms with Gasteiger partial charge in [-0.05, 0) is 38.3 Å². The summed E-state index contributed by atoms with van der Waals surface area (Å²) in [7, 11) is 0. The average molecular weight is 277 g/mol. The van der Waals surface area contributed by atoms with Crippen molar-refractivity contribution in [2.45, 2.75) is 32.6 Å². The molecule has 0 aromatic carbocycles. The fourth-order valence-corrected chi connectivity index (χ4v) is 2.76. The highest BCUT2D eigenvalue weighted by Crippen LogP contribution is 2.30. The first-order valence-electron chi connectivity index (χ1n) is 7.34. The van der Waals surface area contributed by atoms with E-state index in [1.54, 1.807) is 12.3 Å². The lowest BCUT2D eigenvalue weighted by Gasteiger charge is -2.29. The smallest absolute Gasteiger partial charge is 0.227 e. The van der Waals surface area contributed by atoms with E-state index in [0.29, 0.717) is 30.6 Å². The Morgan fingerprint density at radius 1 is 1.45 bits per heavy atom. The number of nitrogens with zero attached hydrogens (tertiary/aromatic N) is 1. The minimum absolute atomic E-state index is 0.0281. The van der Waals surface area contributed by atoms with Crippen LogP contribution in [0.25, 0.3) is 0 Å². The molecule has 1 fully saturated rings. The average Bonchev–Trinajstić information content (AvgIpc) is 2.49. The Hall–Kier alpha value is -1.62. The molecule has 0 spiro atoms. The van der Waals surface area contributed by atoms with Crippen LogP contribution in [0.1, 0.15) is 32.6 Å². The molecule has 3 N–H and O–H groups in total. The molecule has 0 aliphatic heterocycles. The van der Waals surface area contributed by atoms with Gasteiger partial charge >= 0.3 is 0 Å². The van der Waals surface area contributed by atoms with Crippen LogP contribution >= 0.6 is 0 Å². The first-order valence-corrected chi connectivity index (χ1v) is 7.34. The van der Waals surface area contributed by atoms with E-state index >= 15 is 0 Å². The summed E-state index contributed by atoms with van der Waals surface area (Å²) >= 11 is 0. The molecule has 1 amide bonds. The summed E-state index contributed by atoms with van der Waals surface area (Å²) in [5.41, 5.74) is 6.48. The number of nitrogens with one attached hydrogen (secondary N) is 1. The molecule has 20 heavy (non-hydrogen) atoms. The van der Waals surface area contributed by atoms with Crippen LogP contribution in [-0.2, 0) is 4.79 Å². The number of pyridine rings is 1. The van der Waals surface area contributed by atoms with Gasteiger partial charge in [0.25, 0.3) is 0 Å². The Bertz CT molecular complexity index is 433. The molecular weight excluding hydrogens is 254 g/mol. The van der Waals surface area contributed by atoms with Crippen LogP contribution in [0.3, 0.4) is 0 Å². The van der Waals surface area contributed by atoms with Gasteiger partial charge in [-0.1, -0.05) is 12.8 Å². The Morgan fingerprint density at radius 3 is 2.90 bits per heavy atom. The number of carbonyl (C=O) groups is 1. The van der Waals surface area contributed by atoms with Crippen LogP contribution in [0.5, 0.6) is 5.88 Å². The molecule has 5 nitrogen and oxygen atoms in total. The lowest BCUT2D eigenvalue weighted by molar-refractivity contribution is -0.122. The zero-order valence-electron chi connectivity index (χ0n) is 12.0. The molecule has 1 aromatic rings. The number of anilines is 1. The number of aromatic nitrogens is 1. The van der Waals surface area contributed by atoms with Crippen LogP contribution in [0.2, 0.25) is 0 Å². The second kappa shape index (κ2) is 7.24. The molecule has 5 heteroatoms. The van der Waals surface area contributed by atoms with Gasteiger partial charge in [-0.15, -0.1) is 0 Å². The second-order valence-corrected chi connectivity index (χ2v) is 5.19. The fourth-order valence-electron chi connectivity index (χ4n) is 2.76. The third kappa shape index (κ3) is 3.70. The summed E-state index contributed by atoms with van der Waals surface area (Å²) in [6.45, 7) is 3.08.